The van der Waals surface area contributed by atoms with E-state index in [1.54, 1.807) is 5.32 Å². The van der Waals surface area contributed by atoms with Crippen molar-refractivity contribution >= 4 is 5.91 Å². The molecular weight excluding hydrogens is 278 g/mol. The number of aromatic nitrogens is 2. The molecule has 2 aromatic rings. The first-order valence-corrected chi connectivity index (χ1v) is 5.51. The summed E-state index contributed by atoms with van der Waals surface area (Å²) in [5.74, 6) is -1.37. The third-order valence-electron chi connectivity index (χ3n) is 2.47. The fraction of sp³-hybridized carbons (Fsp3) is 0.167. The zero-order valence-electron chi connectivity index (χ0n) is 9.96. The van der Waals surface area contributed by atoms with Crippen molar-refractivity contribution in [3.8, 4) is 11.3 Å². The number of nitrogens with one attached hydrogen (secondary N) is 2. The number of halogens is 4. The molecule has 0 atom stereocenters. The third kappa shape index (κ3) is 3.34. The average Bonchev–Trinajstić information content (AvgIpc) is 2.85. The van der Waals surface area contributed by atoms with Crippen LogP contribution in [0.5, 0.6) is 0 Å². The van der Waals surface area contributed by atoms with Gasteiger partial charge < -0.3 is 5.32 Å². The number of hydrogen-bond acceptors (Lipinski definition) is 2. The maximum absolute atomic E-state index is 12.8. The molecule has 20 heavy (non-hydrogen) atoms. The standard InChI is InChI=1S/C12H9F4N3O/c13-8-3-1-7(2-4-8)10-9(5-18-19-10)11(20)17-6-12(14,15)16/h1-5H,6H2,(H,17,20)(H,18,19). The van der Waals surface area contributed by atoms with Crippen LogP contribution >= 0.6 is 0 Å². The summed E-state index contributed by atoms with van der Waals surface area (Å²) in [5, 5.41) is 7.88. The van der Waals surface area contributed by atoms with Gasteiger partial charge >= 0.3 is 6.18 Å². The molecule has 0 fully saturated rings. The molecule has 0 aliphatic heterocycles. The van der Waals surface area contributed by atoms with Gasteiger partial charge in [0.05, 0.1) is 17.5 Å². The zero-order valence-corrected chi connectivity index (χ0v) is 9.96. The van der Waals surface area contributed by atoms with Crippen LogP contribution in [0.25, 0.3) is 11.3 Å². The molecule has 1 amide bonds. The normalized spacial score (nSPS) is 11.4. The Hall–Kier alpha value is -2.38. The van der Waals surface area contributed by atoms with Gasteiger partial charge in [0.1, 0.15) is 12.4 Å². The summed E-state index contributed by atoms with van der Waals surface area (Å²) in [4.78, 5) is 11.7. The molecule has 0 radical (unpaired) electrons. The Labute approximate surface area is 110 Å². The number of carbonyl (C=O) groups is 1. The molecule has 1 aromatic heterocycles. The van der Waals surface area contributed by atoms with Crippen LogP contribution in [-0.2, 0) is 0 Å². The quantitative estimate of drug-likeness (QED) is 0.852. The van der Waals surface area contributed by atoms with Crippen LogP contribution < -0.4 is 5.32 Å². The van der Waals surface area contributed by atoms with Crippen LogP contribution in [0.2, 0.25) is 0 Å². The Morgan fingerprint density at radius 2 is 1.90 bits per heavy atom. The lowest BCUT2D eigenvalue weighted by Gasteiger charge is -2.08. The largest absolute Gasteiger partial charge is 0.405 e. The second kappa shape index (κ2) is 5.32. The lowest BCUT2D eigenvalue weighted by molar-refractivity contribution is -0.123. The van der Waals surface area contributed by atoms with Crippen molar-refractivity contribution in [3.63, 3.8) is 0 Å². The molecule has 0 bridgehead atoms. The molecule has 0 saturated carbocycles. The predicted molar refractivity (Wildman–Crippen MR) is 62.4 cm³/mol. The van der Waals surface area contributed by atoms with E-state index in [0.29, 0.717) is 5.56 Å². The van der Waals surface area contributed by atoms with Gasteiger partial charge in [0.15, 0.2) is 0 Å². The van der Waals surface area contributed by atoms with Crippen LogP contribution in [0.15, 0.2) is 30.5 Å². The lowest BCUT2D eigenvalue weighted by atomic mass is 10.1. The van der Waals surface area contributed by atoms with E-state index in [-0.39, 0.29) is 11.3 Å². The highest BCUT2D eigenvalue weighted by Gasteiger charge is 2.28. The van der Waals surface area contributed by atoms with Gasteiger partial charge in [-0.2, -0.15) is 18.3 Å². The minimum atomic E-state index is -4.49. The number of nitrogens with zero attached hydrogens (tertiary/aromatic N) is 1. The zero-order chi connectivity index (χ0) is 14.8. The maximum atomic E-state index is 12.8. The van der Waals surface area contributed by atoms with E-state index in [1.807, 2.05) is 0 Å². The van der Waals surface area contributed by atoms with E-state index in [1.165, 1.54) is 24.3 Å². The Morgan fingerprint density at radius 1 is 1.25 bits per heavy atom. The van der Waals surface area contributed by atoms with E-state index in [9.17, 15) is 22.4 Å². The monoisotopic (exact) mass is 287 g/mol. The number of amides is 1. The van der Waals surface area contributed by atoms with E-state index in [2.05, 4.69) is 10.2 Å². The molecule has 1 heterocycles. The lowest BCUT2D eigenvalue weighted by Crippen LogP contribution is -2.33. The minimum Gasteiger partial charge on any atom is -0.343 e. The summed E-state index contributed by atoms with van der Waals surface area (Å²) in [6.07, 6.45) is -3.38. The summed E-state index contributed by atoms with van der Waals surface area (Å²) in [6, 6.07) is 5.13. The maximum Gasteiger partial charge on any atom is 0.405 e. The second-order valence-electron chi connectivity index (χ2n) is 3.96. The summed E-state index contributed by atoms with van der Waals surface area (Å²) < 4.78 is 48.9. The van der Waals surface area contributed by atoms with Crippen molar-refractivity contribution in [2.24, 2.45) is 0 Å². The summed E-state index contributed by atoms with van der Waals surface area (Å²) in [7, 11) is 0. The summed E-state index contributed by atoms with van der Waals surface area (Å²) in [5.41, 5.74) is 0.631. The number of hydrogen-bond donors (Lipinski definition) is 2. The number of alkyl halides is 3. The average molecular weight is 287 g/mol. The minimum absolute atomic E-state index is 0.0409. The molecule has 0 aliphatic rings. The molecule has 2 rings (SSSR count). The van der Waals surface area contributed by atoms with Crippen molar-refractivity contribution in [2.45, 2.75) is 6.18 Å². The van der Waals surface area contributed by atoms with Gasteiger partial charge in [-0.05, 0) is 24.3 Å². The Morgan fingerprint density at radius 3 is 2.50 bits per heavy atom. The first-order valence-electron chi connectivity index (χ1n) is 5.51. The fourth-order valence-corrected chi connectivity index (χ4v) is 1.57. The first-order chi connectivity index (χ1) is 9.37. The van der Waals surface area contributed by atoms with Crippen molar-refractivity contribution in [1.82, 2.24) is 15.5 Å². The smallest absolute Gasteiger partial charge is 0.343 e. The Balaban J connectivity index is 2.20. The Bertz CT molecular complexity index is 604. The van der Waals surface area contributed by atoms with Gasteiger partial charge in [-0.1, -0.05) is 0 Å². The summed E-state index contributed by atoms with van der Waals surface area (Å²) >= 11 is 0. The van der Waals surface area contributed by atoms with Crippen LogP contribution in [-0.4, -0.2) is 28.8 Å². The van der Waals surface area contributed by atoms with Crippen molar-refractivity contribution in [2.75, 3.05) is 6.54 Å². The number of H-pyrrole nitrogens is 1. The molecule has 0 aliphatic carbocycles. The molecule has 0 spiro atoms. The molecule has 8 heteroatoms. The summed E-state index contributed by atoms with van der Waals surface area (Å²) in [6.45, 7) is -1.43. The van der Waals surface area contributed by atoms with Gasteiger partial charge in [0.25, 0.3) is 5.91 Å². The van der Waals surface area contributed by atoms with Crippen molar-refractivity contribution in [3.05, 3.63) is 41.8 Å². The van der Waals surface area contributed by atoms with Gasteiger partial charge in [-0.25, -0.2) is 4.39 Å². The van der Waals surface area contributed by atoms with Crippen molar-refractivity contribution < 1.29 is 22.4 Å². The van der Waals surface area contributed by atoms with Crippen molar-refractivity contribution in [1.29, 1.82) is 0 Å². The van der Waals surface area contributed by atoms with Crippen LogP contribution in [0.1, 0.15) is 10.4 Å². The number of benzene rings is 1. The highest BCUT2D eigenvalue weighted by Crippen LogP contribution is 2.21. The highest BCUT2D eigenvalue weighted by atomic mass is 19.4. The molecule has 4 nitrogen and oxygen atoms in total. The predicted octanol–water partition coefficient (Wildman–Crippen LogP) is 2.51. The van der Waals surface area contributed by atoms with E-state index in [0.717, 1.165) is 6.20 Å². The molecule has 0 unspecified atom stereocenters. The van der Waals surface area contributed by atoms with Gasteiger partial charge in [0.2, 0.25) is 0 Å². The number of rotatable bonds is 3. The van der Waals surface area contributed by atoms with E-state index < -0.39 is 24.4 Å². The third-order valence-corrected chi connectivity index (χ3v) is 2.47. The molecule has 2 N–H and O–H groups in total. The SMILES string of the molecule is O=C(NCC(F)(F)F)c1cn[nH]c1-c1ccc(F)cc1. The van der Waals surface area contributed by atoms with Crippen LogP contribution in [0.3, 0.4) is 0 Å². The van der Waals surface area contributed by atoms with Crippen LogP contribution in [0, 0.1) is 5.82 Å². The van der Waals surface area contributed by atoms with E-state index >= 15 is 0 Å². The topological polar surface area (TPSA) is 57.8 Å². The Kier molecular flexibility index (Phi) is 3.73. The first kappa shape index (κ1) is 14.0. The fourth-order valence-electron chi connectivity index (χ4n) is 1.57. The second-order valence-corrected chi connectivity index (χ2v) is 3.96. The number of carbonyl (C=O) groups excluding carboxylic acids is 1. The molecule has 1 aromatic carbocycles. The molecular formula is C12H9F4N3O. The van der Waals surface area contributed by atoms with Gasteiger partial charge in [0, 0.05) is 5.56 Å². The van der Waals surface area contributed by atoms with Gasteiger partial charge in [-0.15, -0.1) is 0 Å². The molecule has 106 valence electrons. The molecule has 0 saturated heterocycles. The van der Waals surface area contributed by atoms with Gasteiger partial charge in [-0.3, -0.25) is 9.89 Å². The van der Waals surface area contributed by atoms with E-state index in [4.69, 9.17) is 0 Å². The number of aromatic amines is 1. The van der Waals surface area contributed by atoms with Crippen LogP contribution in [0.4, 0.5) is 17.6 Å². The highest BCUT2D eigenvalue weighted by molar-refractivity contribution is 5.99.